The predicted molar refractivity (Wildman–Crippen MR) is 138 cm³/mol. The van der Waals surface area contributed by atoms with Gasteiger partial charge < -0.3 is 14.4 Å². The van der Waals surface area contributed by atoms with Gasteiger partial charge in [0.2, 0.25) is 0 Å². The van der Waals surface area contributed by atoms with Gasteiger partial charge in [0.15, 0.2) is 0 Å². The summed E-state index contributed by atoms with van der Waals surface area (Å²) in [5, 5.41) is 9.27. The van der Waals surface area contributed by atoms with Crippen molar-refractivity contribution in [3.05, 3.63) is 58.9 Å². The number of halogens is 1. The zero-order valence-electron chi connectivity index (χ0n) is 21.1. The Labute approximate surface area is 207 Å². The Morgan fingerprint density at radius 3 is 2.38 bits per heavy atom. The quantitative estimate of drug-likeness (QED) is 0.462. The SMILES string of the molecule is COCc1ccc(C(C)(NSC(C)(C)C)C2CCN(c3ccc(C#N)c(OC)c3)CC2)cc1F. The number of nitriles is 1. The molecule has 1 aliphatic heterocycles. The normalized spacial score (nSPS) is 16.7. The van der Waals surface area contributed by atoms with Crippen LogP contribution in [0.15, 0.2) is 36.4 Å². The van der Waals surface area contributed by atoms with E-state index in [9.17, 15) is 9.65 Å². The second-order valence-electron chi connectivity index (χ2n) is 10.0. The third-order valence-electron chi connectivity index (χ3n) is 6.50. The number of methoxy groups -OCH3 is 2. The highest BCUT2D eigenvalue weighted by molar-refractivity contribution is 7.98. The minimum absolute atomic E-state index is 0.0234. The summed E-state index contributed by atoms with van der Waals surface area (Å²) in [4.78, 5) is 2.33. The number of hydrogen-bond donors (Lipinski definition) is 1. The summed E-state index contributed by atoms with van der Waals surface area (Å²) in [6.07, 6.45) is 1.91. The first-order valence-corrected chi connectivity index (χ1v) is 12.5. The number of piperidine rings is 1. The van der Waals surface area contributed by atoms with Crippen molar-refractivity contribution < 1.29 is 13.9 Å². The Bertz CT molecular complexity index is 1030. The van der Waals surface area contributed by atoms with Gasteiger partial charge in [0.1, 0.15) is 17.6 Å². The van der Waals surface area contributed by atoms with E-state index >= 15 is 0 Å². The maximum Gasteiger partial charge on any atom is 0.138 e. The maximum absolute atomic E-state index is 14.9. The molecular formula is C27H36FN3O2S. The molecule has 34 heavy (non-hydrogen) atoms. The van der Waals surface area contributed by atoms with Gasteiger partial charge in [0.25, 0.3) is 0 Å². The highest BCUT2D eigenvalue weighted by atomic mass is 32.2. The number of ether oxygens (including phenoxy) is 2. The molecule has 0 aromatic heterocycles. The fraction of sp³-hybridized carbons (Fsp3) is 0.519. The third kappa shape index (κ3) is 6.04. The Balaban J connectivity index is 1.83. The van der Waals surface area contributed by atoms with Crippen LogP contribution in [0, 0.1) is 23.1 Å². The Morgan fingerprint density at radius 1 is 1.12 bits per heavy atom. The lowest BCUT2D eigenvalue weighted by Crippen LogP contribution is -2.49. The van der Waals surface area contributed by atoms with Crippen LogP contribution in [-0.2, 0) is 16.9 Å². The zero-order valence-corrected chi connectivity index (χ0v) is 21.9. The summed E-state index contributed by atoms with van der Waals surface area (Å²) < 4.78 is 29.2. The lowest BCUT2D eigenvalue weighted by Gasteiger charge is -2.45. The van der Waals surface area contributed by atoms with Crippen molar-refractivity contribution >= 4 is 17.6 Å². The van der Waals surface area contributed by atoms with E-state index < -0.39 is 5.54 Å². The molecule has 0 saturated carbocycles. The Kier molecular flexibility index (Phi) is 8.51. The van der Waals surface area contributed by atoms with E-state index in [1.807, 2.05) is 30.3 Å². The van der Waals surface area contributed by atoms with E-state index in [2.05, 4.69) is 43.4 Å². The lowest BCUT2D eigenvalue weighted by atomic mass is 9.75. The van der Waals surface area contributed by atoms with Gasteiger partial charge in [0.05, 0.1) is 24.8 Å². The van der Waals surface area contributed by atoms with Crippen LogP contribution in [0.5, 0.6) is 5.75 Å². The lowest BCUT2D eigenvalue weighted by molar-refractivity contribution is 0.181. The van der Waals surface area contributed by atoms with E-state index in [1.165, 1.54) is 0 Å². The number of nitrogens with one attached hydrogen (secondary N) is 1. The van der Waals surface area contributed by atoms with Gasteiger partial charge in [-0.2, -0.15) is 5.26 Å². The number of anilines is 1. The molecule has 1 heterocycles. The molecule has 184 valence electrons. The molecule has 0 amide bonds. The molecule has 0 aliphatic carbocycles. The smallest absolute Gasteiger partial charge is 0.138 e. The van der Waals surface area contributed by atoms with E-state index in [4.69, 9.17) is 9.47 Å². The van der Waals surface area contributed by atoms with Crippen molar-refractivity contribution in [2.45, 2.75) is 57.4 Å². The van der Waals surface area contributed by atoms with Crippen molar-refractivity contribution in [3.63, 3.8) is 0 Å². The van der Waals surface area contributed by atoms with Gasteiger partial charge in [-0.05, 0) is 70.2 Å². The van der Waals surface area contributed by atoms with Gasteiger partial charge in [-0.15, -0.1) is 0 Å². The molecule has 0 bridgehead atoms. The first kappa shape index (κ1) is 26.3. The number of rotatable bonds is 8. The van der Waals surface area contributed by atoms with Crippen molar-refractivity contribution in [2.75, 3.05) is 32.2 Å². The van der Waals surface area contributed by atoms with Gasteiger partial charge >= 0.3 is 0 Å². The molecule has 2 aromatic rings. The van der Waals surface area contributed by atoms with Crippen LogP contribution >= 0.6 is 11.9 Å². The van der Waals surface area contributed by atoms with Crippen LogP contribution in [0.25, 0.3) is 0 Å². The molecule has 1 atom stereocenters. The molecule has 1 aliphatic rings. The number of hydrogen-bond acceptors (Lipinski definition) is 6. The average Bonchev–Trinajstić information content (AvgIpc) is 2.83. The minimum Gasteiger partial charge on any atom is -0.495 e. The van der Waals surface area contributed by atoms with Gasteiger partial charge in [-0.3, -0.25) is 4.72 Å². The van der Waals surface area contributed by atoms with Crippen LogP contribution in [0.4, 0.5) is 10.1 Å². The maximum atomic E-state index is 14.9. The van der Waals surface area contributed by atoms with Crippen molar-refractivity contribution in [3.8, 4) is 11.8 Å². The standard InChI is InChI=1S/C27H36FN3O2S/c1-26(2,3)34-30-27(4,22-9-7-20(18-32-5)24(28)15-22)21-11-13-31(14-12-21)23-10-8-19(17-29)25(16-23)33-6/h7-10,15-16,21,30H,11-14,18H2,1-6H3. The molecule has 3 rings (SSSR count). The zero-order chi connectivity index (χ0) is 24.9. The second-order valence-corrected chi connectivity index (χ2v) is 11.6. The summed E-state index contributed by atoms with van der Waals surface area (Å²) in [7, 11) is 3.17. The second kappa shape index (κ2) is 11.0. The summed E-state index contributed by atoms with van der Waals surface area (Å²) in [5.41, 5.74) is 2.74. The Hall–Kier alpha value is -2.27. The molecule has 1 saturated heterocycles. The van der Waals surface area contributed by atoms with E-state index in [1.54, 1.807) is 32.2 Å². The van der Waals surface area contributed by atoms with E-state index in [0.29, 0.717) is 22.8 Å². The minimum atomic E-state index is -0.390. The summed E-state index contributed by atoms with van der Waals surface area (Å²) in [6.45, 7) is 10.7. The van der Waals surface area contributed by atoms with Crippen LogP contribution < -0.4 is 14.4 Å². The molecule has 0 radical (unpaired) electrons. The number of benzene rings is 2. The average molecular weight is 486 g/mol. The molecule has 1 fully saturated rings. The van der Waals surface area contributed by atoms with Gasteiger partial charge in [0, 0.05) is 42.3 Å². The summed E-state index contributed by atoms with van der Waals surface area (Å²) in [6, 6.07) is 13.5. The Morgan fingerprint density at radius 2 is 1.82 bits per heavy atom. The molecule has 1 unspecified atom stereocenters. The largest absolute Gasteiger partial charge is 0.495 e. The molecular weight excluding hydrogens is 449 g/mol. The highest BCUT2D eigenvalue weighted by Crippen LogP contribution is 2.41. The van der Waals surface area contributed by atoms with E-state index in [-0.39, 0.29) is 17.2 Å². The van der Waals surface area contributed by atoms with Crippen LogP contribution in [0.3, 0.4) is 0 Å². The van der Waals surface area contributed by atoms with Crippen molar-refractivity contribution in [2.24, 2.45) is 5.92 Å². The van der Waals surface area contributed by atoms with Crippen molar-refractivity contribution in [1.29, 1.82) is 5.26 Å². The first-order chi connectivity index (χ1) is 16.1. The third-order valence-corrected chi connectivity index (χ3v) is 7.64. The summed E-state index contributed by atoms with van der Waals surface area (Å²) >= 11 is 1.70. The molecule has 0 spiro atoms. The molecule has 7 heteroatoms. The predicted octanol–water partition coefficient (Wildman–Crippen LogP) is 6.02. The van der Waals surface area contributed by atoms with Gasteiger partial charge in [-0.1, -0.05) is 24.1 Å². The van der Waals surface area contributed by atoms with Crippen LogP contribution in [0.1, 0.15) is 57.2 Å². The molecule has 5 nitrogen and oxygen atoms in total. The topological polar surface area (TPSA) is 57.5 Å². The first-order valence-electron chi connectivity index (χ1n) is 11.7. The van der Waals surface area contributed by atoms with E-state index in [0.717, 1.165) is 37.2 Å². The summed E-state index contributed by atoms with van der Waals surface area (Å²) in [5.74, 6) is 0.698. The van der Waals surface area contributed by atoms with Crippen LogP contribution in [0.2, 0.25) is 0 Å². The number of nitrogens with zero attached hydrogens (tertiary/aromatic N) is 2. The van der Waals surface area contributed by atoms with Crippen LogP contribution in [-0.4, -0.2) is 32.1 Å². The fourth-order valence-corrected chi connectivity index (χ4v) is 5.27. The van der Waals surface area contributed by atoms with Gasteiger partial charge in [-0.25, -0.2) is 4.39 Å². The monoisotopic (exact) mass is 485 g/mol. The molecule has 1 N–H and O–H groups in total. The fourth-order valence-electron chi connectivity index (χ4n) is 4.46. The van der Waals surface area contributed by atoms with Crippen molar-refractivity contribution in [1.82, 2.24) is 4.72 Å². The highest BCUT2D eigenvalue weighted by Gasteiger charge is 2.39. The molecule has 2 aromatic carbocycles.